The molecule has 0 N–H and O–H groups in total. The maximum atomic E-state index is 6.37. The molecule has 4 nitrogen and oxygen atoms in total. The third kappa shape index (κ3) is 5.13. The molecule has 238 valence electrons. The smallest absolute Gasteiger partial charge is 0.165 e. The van der Waals surface area contributed by atoms with Crippen LogP contribution in [0.5, 0.6) is 0 Å². The van der Waals surface area contributed by atoms with Crippen molar-refractivity contribution in [2.45, 2.75) is 0 Å². The zero-order valence-electron chi connectivity index (χ0n) is 27.5. The lowest BCUT2D eigenvalue weighted by Gasteiger charge is -2.14. The average Bonchev–Trinajstić information content (AvgIpc) is 3.59. The van der Waals surface area contributed by atoms with Crippen molar-refractivity contribution in [3.63, 3.8) is 0 Å². The molecule has 0 radical (unpaired) electrons. The standard InChI is InChI=1S/C47H29N3O/c1-3-12-31(13-4-1)39-25-26-42-43(40-17-9-10-18-41(40)51-42)44(39)47-49-45(32-14-5-2-6-15-32)48-46(50-47)38-24-23-36-28-35(21-22-37(36)29-38)34-20-19-30-11-7-8-16-33(30)27-34/h1-29H. The van der Waals surface area contributed by atoms with E-state index in [-0.39, 0.29) is 0 Å². The second-order valence-electron chi connectivity index (χ2n) is 12.8. The molecule has 51 heavy (non-hydrogen) atoms. The van der Waals surface area contributed by atoms with E-state index in [4.69, 9.17) is 19.4 Å². The van der Waals surface area contributed by atoms with Gasteiger partial charge in [0.1, 0.15) is 11.2 Å². The normalized spacial score (nSPS) is 11.5. The summed E-state index contributed by atoms with van der Waals surface area (Å²) in [6.07, 6.45) is 0. The predicted octanol–water partition coefficient (Wildman–Crippen LogP) is 12.4. The summed E-state index contributed by atoms with van der Waals surface area (Å²) < 4.78 is 6.37. The van der Waals surface area contributed by atoms with Gasteiger partial charge < -0.3 is 4.42 Å². The summed E-state index contributed by atoms with van der Waals surface area (Å²) >= 11 is 0. The Morgan fingerprint density at radius 1 is 0.333 bits per heavy atom. The summed E-state index contributed by atoms with van der Waals surface area (Å²) in [5.41, 5.74) is 8.89. The summed E-state index contributed by atoms with van der Waals surface area (Å²) in [5, 5.41) is 6.77. The van der Waals surface area contributed by atoms with Gasteiger partial charge in [-0.15, -0.1) is 0 Å². The SMILES string of the molecule is c1ccc(-c2nc(-c3ccc4cc(-c5ccc6ccccc6c5)ccc4c3)nc(-c3c(-c4ccccc4)ccc4oc5ccccc5c34)n2)cc1. The highest BCUT2D eigenvalue weighted by atomic mass is 16.3. The van der Waals surface area contributed by atoms with Crippen LogP contribution < -0.4 is 0 Å². The molecule has 0 amide bonds. The molecule has 4 heteroatoms. The molecule has 8 aromatic carbocycles. The van der Waals surface area contributed by atoms with E-state index in [1.54, 1.807) is 0 Å². The minimum absolute atomic E-state index is 0.599. The zero-order valence-corrected chi connectivity index (χ0v) is 27.5. The van der Waals surface area contributed by atoms with Gasteiger partial charge in [-0.1, -0.05) is 140 Å². The summed E-state index contributed by atoms with van der Waals surface area (Å²) in [5.74, 6) is 1.83. The topological polar surface area (TPSA) is 51.8 Å². The number of furan rings is 1. The van der Waals surface area contributed by atoms with Crippen LogP contribution in [-0.2, 0) is 0 Å². The van der Waals surface area contributed by atoms with Gasteiger partial charge in [-0.2, -0.15) is 0 Å². The van der Waals surface area contributed by atoms with E-state index in [2.05, 4.69) is 121 Å². The predicted molar refractivity (Wildman–Crippen MR) is 209 cm³/mol. The van der Waals surface area contributed by atoms with Gasteiger partial charge in [0, 0.05) is 27.5 Å². The van der Waals surface area contributed by atoms with Crippen LogP contribution >= 0.6 is 0 Å². The fourth-order valence-electron chi connectivity index (χ4n) is 7.17. The van der Waals surface area contributed by atoms with Gasteiger partial charge in [-0.25, -0.2) is 15.0 Å². The first-order valence-corrected chi connectivity index (χ1v) is 17.1. The number of benzene rings is 8. The molecule has 0 spiro atoms. The van der Waals surface area contributed by atoms with Gasteiger partial charge in [0.05, 0.1) is 0 Å². The quantitative estimate of drug-likeness (QED) is 0.186. The third-order valence-corrected chi connectivity index (χ3v) is 9.70. The largest absolute Gasteiger partial charge is 0.456 e. The average molecular weight is 652 g/mol. The molecule has 0 fully saturated rings. The minimum Gasteiger partial charge on any atom is -0.456 e. The lowest BCUT2D eigenvalue weighted by atomic mass is 9.94. The van der Waals surface area contributed by atoms with Crippen molar-refractivity contribution < 1.29 is 4.42 Å². The fraction of sp³-hybridized carbons (Fsp3) is 0. The van der Waals surface area contributed by atoms with Crippen LogP contribution in [0.3, 0.4) is 0 Å². The molecule has 0 unspecified atom stereocenters. The second kappa shape index (κ2) is 11.9. The van der Waals surface area contributed by atoms with E-state index in [0.29, 0.717) is 17.5 Å². The minimum atomic E-state index is 0.599. The number of hydrogen-bond acceptors (Lipinski definition) is 4. The van der Waals surface area contributed by atoms with E-state index >= 15 is 0 Å². The number of rotatable bonds is 5. The van der Waals surface area contributed by atoms with Gasteiger partial charge in [0.25, 0.3) is 0 Å². The fourth-order valence-corrected chi connectivity index (χ4v) is 7.17. The molecule has 0 aliphatic carbocycles. The first kappa shape index (κ1) is 29.0. The molecule has 2 heterocycles. The van der Waals surface area contributed by atoms with E-state index in [1.165, 1.54) is 21.9 Å². The van der Waals surface area contributed by atoms with Crippen molar-refractivity contribution in [3.8, 4) is 56.4 Å². The molecule has 10 aromatic rings. The molecule has 0 bridgehead atoms. The Morgan fingerprint density at radius 2 is 0.863 bits per heavy atom. The van der Waals surface area contributed by atoms with Crippen molar-refractivity contribution in [3.05, 3.63) is 176 Å². The van der Waals surface area contributed by atoms with Crippen LogP contribution in [0.2, 0.25) is 0 Å². The summed E-state index contributed by atoms with van der Waals surface area (Å²) in [6, 6.07) is 61.1. The Bertz CT molecular complexity index is 2910. The Labute approximate surface area is 294 Å². The van der Waals surface area contributed by atoms with Crippen LogP contribution in [0.1, 0.15) is 0 Å². The Kier molecular flexibility index (Phi) is 6.78. The van der Waals surface area contributed by atoms with Crippen molar-refractivity contribution in [2.24, 2.45) is 0 Å². The van der Waals surface area contributed by atoms with E-state index < -0.39 is 0 Å². The molecule has 0 atom stereocenters. The van der Waals surface area contributed by atoms with E-state index in [1.807, 2.05) is 54.6 Å². The van der Waals surface area contributed by atoms with Crippen LogP contribution in [0.4, 0.5) is 0 Å². The van der Waals surface area contributed by atoms with Crippen molar-refractivity contribution in [1.82, 2.24) is 15.0 Å². The zero-order chi connectivity index (χ0) is 33.7. The number of hydrogen-bond donors (Lipinski definition) is 0. The molecule has 0 aliphatic heterocycles. The Balaban J connectivity index is 1.17. The van der Waals surface area contributed by atoms with Gasteiger partial charge in [-0.3, -0.25) is 0 Å². The molecular weight excluding hydrogens is 623 g/mol. The van der Waals surface area contributed by atoms with Crippen LogP contribution in [0, 0.1) is 0 Å². The summed E-state index contributed by atoms with van der Waals surface area (Å²) in [4.78, 5) is 15.5. The lowest BCUT2D eigenvalue weighted by molar-refractivity contribution is 0.669. The summed E-state index contributed by atoms with van der Waals surface area (Å²) in [6.45, 7) is 0. The monoisotopic (exact) mass is 651 g/mol. The van der Waals surface area contributed by atoms with Crippen molar-refractivity contribution in [2.75, 3.05) is 0 Å². The van der Waals surface area contributed by atoms with E-state index in [9.17, 15) is 0 Å². The Hall–Kier alpha value is -6.91. The lowest BCUT2D eigenvalue weighted by Crippen LogP contribution is -2.01. The van der Waals surface area contributed by atoms with Crippen molar-refractivity contribution in [1.29, 1.82) is 0 Å². The Morgan fingerprint density at radius 3 is 1.61 bits per heavy atom. The van der Waals surface area contributed by atoms with Gasteiger partial charge in [0.2, 0.25) is 0 Å². The summed E-state index contributed by atoms with van der Waals surface area (Å²) in [7, 11) is 0. The number of fused-ring (bicyclic) bond motifs is 5. The van der Waals surface area contributed by atoms with Crippen LogP contribution in [0.25, 0.3) is 99.9 Å². The number of nitrogens with zero attached hydrogens (tertiary/aromatic N) is 3. The van der Waals surface area contributed by atoms with E-state index in [0.717, 1.165) is 60.5 Å². The van der Waals surface area contributed by atoms with Crippen molar-refractivity contribution >= 4 is 43.5 Å². The van der Waals surface area contributed by atoms with Gasteiger partial charge >= 0.3 is 0 Å². The molecule has 0 aliphatic rings. The second-order valence-corrected chi connectivity index (χ2v) is 12.8. The van der Waals surface area contributed by atoms with Gasteiger partial charge in [-0.05, 0) is 80.2 Å². The maximum absolute atomic E-state index is 6.37. The third-order valence-electron chi connectivity index (χ3n) is 9.70. The highest BCUT2D eigenvalue weighted by Crippen LogP contribution is 2.42. The molecular formula is C47H29N3O. The van der Waals surface area contributed by atoms with Crippen LogP contribution in [-0.4, -0.2) is 15.0 Å². The maximum Gasteiger partial charge on any atom is 0.165 e. The number of aromatic nitrogens is 3. The first-order chi connectivity index (χ1) is 25.2. The molecule has 0 saturated carbocycles. The first-order valence-electron chi connectivity index (χ1n) is 17.1. The van der Waals surface area contributed by atoms with Gasteiger partial charge in [0.15, 0.2) is 17.5 Å². The number of para-hydroxylation sites is 1. The highest BCUT2D eigenvalue weighted by Gasteiger charge is 2.22. The highest BCUT2D eigenvalue weighted by molar-refractivity contribution is 6.15. The molecule has 2 aromatic heterocycles. The van der Waals surface area contributed by atoms with Crippen LogP contribution in [0.15, 0.2) is 180 Å². The molecule has 10 rings (SSSR count). The molecule has 0 saturated heterocycles.